The molecular formula is C16H23ClN4O. The molecule has 1 aromatic rings. The van der Waals surface area contributed by atoms with Crippen LogP contribution in [0.15, 0.2) is 18.5 Å². The van der Waals surface area contributed by atoms with Gasteiger partial charge in [-0.2, -0.15) is 0 Å². The predicted molar refractivity (Wildman–Crippen MR) is 86.8 cm³/mol. The van der Waals surface area contributed by atoms with Crippen LogP contribution >= 0.6 is 12.4 Å². The highest BCUT2D eigenvalue weighted by atomic mass is 35.5. The molecule has 1 aromatic heterocycles. The third kappa shape index (κ3) is 2.79. The third-order valence-corrected chi connectivity index (χ3v) is 5.47. The van der Waals surface area contributed by atoms with Crippen molar-refractivity contribution in [3.05, 3.63) is 29.6 Å². The van der Waals surface area contributed by atoms with Crippen LogP contribution in [-0.4, -0.2) is 35.5 Å². The average molecular weight is 323 g/mol. The summed E-state index contributed by atoms with van der Waals surface area (Å²) in [6, 6.07) is 2.08. The maximum absolute atomic E-state index is 12.3. The van der Waals surface area contributed by atoms with Gasteiger partial charge in [0.25, 0.3) is 0 Å². The summed E-state index contributed by atoms with van der Waals surface area (Å²) in [6.45, 7) is 4.51. The van der Waals surface area contributed by atoms with E-state index in [0.717, 1.165) is 19.6 Å². The molecule has 3 aliphatic rings. The van der Waals surface area contributed by atoms with E-state index < -0.39 is 0 Å². The molecule has 1 spiro atoms. The SMILES string of the molecule is Cl.O=C(NCC1CC12CCNCC2)N1Cc2ccncc2C1. The Balaban J connectivity index is 0.00000144. The van der Waals surface area contributed by atoms with Crippen molar-refractivity contribution < 1.29 is 4.79 Å². The molecule has 1 aliphatic carbocycles. The Morgan fingerprint density at radius 3 is 2.91 bits per heavy atom. The average Bonchev–Trinajstić information content (AvgIpc) is 2.99. The maximum atomic E-state index is 12.3. The molecule has 0 bridgehead atoms. The molecule has 1 saturated heterocycles. The highest BCUT2D eigenvalue weighted by molar-refractivity contribution is 5.85. The van der Waals surface area contributed by atoms with Crippen molar-refractivity contribution in [2.45, 2.75) is 32.4 Å². The standard InChI is InChI=1S/C16H22N4O.ClH/c21-15(20-10-12-1-4-18-8-13(12)11-20)19-9-14-7-16(14)2-5-17-6-3-16;/h1,4,8,14,17H,2-3,5-7,9-11H2,(H,19,21);1H. The number of urea groups is 1. The Labute approximate surface area is 137 Å². The van der Waals surface area contributed by atoms with Crippen molar-refractivity contribution in [1.82, 2.24) is 20.5 Å². The quantitative estimate of drug-likeness (QED) is 0.874. The zero-order chi connectivity index (χ0) is 14.3. The fourth-order valence-electron chi connectivity index (χ4n) is 3.94. The number of fused-ring (bicyclic) bond motifs is 1. The monoisotopic (exact) mass is 322 g/mol. The molecule has 5 nitrogen and oxygen atoms in total. The van der Waals surface area contributed by atoms with Crippen LogP contribution in [0.25, 0.3) is 0 Å². The lowest BCUT2D eigenvalue weighted by Gasteiger charge is -2.24. The second kappa shape index (κ2) is 6.05. The van der Waals surface area contributed by atoms with Crippen LogP contribution in [0.5, 0.6) is 0 Å². The second-order valence-corrected chi connectivity index (χ2v) is 6.70. The summed E-state index contributed by atoms with van der Waals surface area (Å²) in [4.78, 5) is 18.3. The van der Waals surface area contributed by atoms with Gasteiger partial charge in [0.05, 0.1) is 0 Å². The van der Waals surface area contributed by atoms with E-state index in [-0.39, 0.29) is 18.4 Å². The van der Waals surface area contributed by atoms with Gasteiger partial charge in [0.1, 0.15) is 0 Å². The van der Waals surface area contributed by atoms with E-state index in [9.17, 15) is 4.79 Å². The van der Waals surface area contributed by atoms with Crippen LogP contribution in [0.4, 0.5) is 4.79 Å². The minimum atomic E-state index is 0. The van der Waals surface area contributed by atoms with E-state index in [1.54, 1.807) is 6.20 Å². The molecule has 0 aromatic carbocycles. The first-order valence-electron chi connectivity index (χ1n) is 7.92. The number of nitrogens with one attached hydrogen (secondary N) is 2. The molecular weight excluding hydrogens is 300 g/mol. The van der Waals surface area contributed by atoms with Gasteiger partial charge < -0.3 is 15.5 Å². The van der Waals surface area contributed by atoms with Crippen LogP contribution < -0.4 is 10.6 Å². The predicted octanol–water partition coefficient (Wildman–Crippen LogP) is 1.92. The molecule has 1 atom stereocenters. The summed E-state index contributed by atoms with van der Waals surface area (Å²) in [7, 11) is 0. The summed E-state index contributed by atoms with van der Waals surface area (Å²) in [5.74, 6) is 0.690. The van der Waals surface area contributed by atoms with E-state index in [4.69, 9.17) is 0 Å². The van der Waals surface area contributed by atoms with Gasteiger partial charge in [-0.3, -0.25) is 4.98 Å². The second-order valence-electron chi connectivity index (χ2n) is 6.70. The molecule has 0 radical (unpaired) electrons. The van der Waals surface area contributed by atoms with Crippen LogP contribution in [0.1, 0.15) is 30.4 Å². The largest absolute Gasteiger partial charge is 0.338 e. The normalized spacial score (nSPS) is 24.5. The number of rotatable bonds is 2. The Kier molecular flexibility index (Phi) is 4.28. The lowest BCUT2D eigenvalue weighted by molar-refractivity contribution is 0.197. The van der Waals surface area contributed by atoms with Crippen LogP contribution in [-0.2, 0) is 13.1 Å². The van der Waals surface area contributed by atoms with E-state index in [2.05, 4.69) is 15.6 Å². The summed E-state index contributed by atoms with van der Waals surface area (Å²) in [6.07, 6.45) is 7.50. The molecule has 2 fully saturated rings. The molecule has 22 heavy (non-hydrogen) atoms. The van der Waals surface area contributed by atoms with Gasteiger partial charge in [0, 0.05) is 32.0 Å². The smallest absolute Gasteiger partial charge is 0.318 e. The minimum Gasteiger partial charge on any atom is -0.338 e. The summed E-state index contributed by atoms with van der Waals surface area (Å²) >= 11 is 0. The third-order valence-electron chi connectivity index (χ3n) is 5.47. The Morgan fingerprint density at radius 1 is 1.36 bits per heavy atom. The number of hydrogen-bond donors (Lipinski definition) is 2. The molecule has 6 heteroatoms. The number of piperidine rings is 1. The van der Waals surface area contributed by atoms with Crippen LogP contribution in [0.2, 0.25) is 0 Å². The van der Waals surface area contributed by atoms with Gasteiger partial charge >= 0.3 is 6.03 Å². The first-order valence-corrected chi connectivity index (χ1v) is 7.92. The van der Waals surface area contributed by atoms with Gasteiger partial charge in [-0.25, -0.2) is 4.79 Å². The lowest BCUT2D eigenvalue weighted by atomic mass is 9.92. The van der Waals surface area contributed by atoms with E-state index in [1.165, 1.54) is 30.4 Å². The first kappa shape index (κ1) is 15.6. The number of carbonyl (C=O) groups is 1. The van der Waals surface area contributed by atoms with E-state index in [1.807, 2.05) is 17.2 Å². The summed E-state index contributed by atoms with van der Waals surface area (Å²) < 4.78 is 0. The number of amides is 2. The highest BCUT2D eigenvalue weighted by Crippen LogP contribution is 2.58. The molecule has 1 saturated carbocycles. The van der Waals surface area contributed by atoms with Crippen molar-refractivity contribution in [2.24, 2.45) is 11.3 Å². The molecule has 2 aliphatic heterocycles. The molecule has 120 valence electrons. The number of hydrogen-bond acceptors (Lipinski definition) is 3. The highest BCUT2D eigenvalue weighted by Gasteiger charge is 2.53. The minimum absolute atomic E-state index is 0. The Bertz CT molecular complexity index is 534. The van der Waals surface area contributed by atoms with Crippen LogP contribution in [0.3, 0.4) is 0 Å². The van der Waals surface area contributed by atoms with Gasteiger partial charge in [-0.15, -0.1) is 12.4 Å². The van der Waals surface area contributed by atoms with Gasteiger partial charge in [0.15, 0.2) is 0 Å². The van der Waals surface area contributed by atoms with Crippen molar-refractivity contribution in [2.75, 3.05) is 19.6 Å². The summed E-state index contributed by atoms with van der Waals surface area (Å²) in [5, 5.41) is 6.56. The fourth-order valence-corrected chi connectivity index (χ4v) is 3.94. The van der Waals surface area contributed by atoms with Gasteiger partial charge in [-0.1, -0.05) is 0 Å². The Hall–Kier alpha value is -1.33. The molecule has 3 heterocycles. The zero-order valence-electron chi connectivity index (χ0n) is 12.7. The first-order chi connectivity index (χ1) is 10.3. The van der Waals surface area contributed by atoms with Crippen molar-refractivity contribution in [1.29, 1.82) is 0 Å². The summed E-state index contributed by atoms with van der Waals surface area (Å²) in [5.41, 5.74) is 2.94. The lowest BCUT2D eigenvalue weighted by Crippen LogP contribution is -2.38. The fraction of sp³-hybridized carbons (Fsp3) is 0.625. The molecule has 4 rings (SSSR count). The van der Waals surface area contributed by atoms with Gasteiger partial charge in [0.2, 0.25) is 0 Å². The zero-order valence-corrected chi connectivity index (χ0v) is 13.5. The van der Waals surface area contributed by atoms with Crippen molar-refractivity contribution >= 4 is 18.4 Å². The van der Waals surface area contributed by atoms with Crippen LogP contribution in [0, 0.1) is 11.3 Å². The number of aromatic nitrogens is 1. The molecule has 2 N–H and O–H groups in total. The Morgan fingerprint density at radius 2 is 2.14 bits per heavy atom. The molecule has 2 amide bonds. The number of halogens is 1. The number of carbonyl (C=O) groups excluding carboxylic acids is 1. The van der Waals surface area contributed by atoms with Crippen molar-refractivity contribution in [3.8, 4) is 0 Å². The topological polar surface area (TPSA) is 57.3 Å². The van der Waals surface area contributed by atoms with E-state index in [0.29, 0.717) is 24.4 Å². The number of nitrogens with zero attached hydrogens (tertiary/aromatic N) is 2. The maximum Gasteiger partial charge on any atom is 0.318 e. The van der Waals surface area contributed by atoms with Crippen molar-refractivity contribution in [3.63, 3.8) is 0 Å². The number of pyridine rings is 1. The van der Waals surface area contributed by atoms with Gasteiger partial charge in [-0.05, 0) is 60.9 Å². The van der Waals surface area contributed by atoms with E-state index >= 15 is 0 Å². The molecule has 1 unspecified atom stereocenters.